The minimum Gasteiger partial charge on any atom is -0.390 e. The molecule has 0 aliphatic rings. The van der Waals surface area contributed by atoms with Gasteiger partial charge in [-0.2, -0.15) is 11.3 Å². The zero-order chi connectivity index (χ0) is 12.2. The molecule has 0 amide bonds. The molecule has 0 radical (unpaired) electrons. The van der Waals surface area contributed by atoms with Crippen molar-refractivity contribution in [3.05, 3.63) is 22.4 Å². The fourth-order valence-corrected chi connectivity index (χ4v) is 2.69. The van der Waals surface area contributed by atoms with Gasteiger partial charge in [-0.15, -0.1) is 0 Å². The molecule has 0 spiro atoms. The van der Waals surface area contributed by atoms with Gasteiger partial charge in [-0.3, -0.25) is 0 Å². The molecule has 0 saturated carbocycles. The van der Waals surface area contributed by atoms with Crippen LogP contribution in [-0.4, -0.2) is 24.4 Å². The lowest BCUT2D eigenvalue weighted by molar-refractivity contribution is -0.0729. The minimum absolute atomic E-state index is 0.0250. The Bertz CT molecular complexity index is 287. The molecule has 0 aliphatic heterocycles. The van der Waals surface area contributed by atoms with Crippen LogP contribution in [0.3, 0.4) is 0 Å². The number of ether oxygens (including phenoxy) is 1. The van der Waals surface area contributed by atoms with Crippen LogP contribution in [0.2, 0.25) is 0 Å². The summed E-state index contributed by atoms with van der Waals surface area (Å²) >= 11 is 1.70. The molecule has 92 valence electrons. The molecule has 0 aromatic carbocycles. The Morgan fingerprint density at radius 1 is 1.44 bits per heavy atom. The van der Waals surface area contributed by atoms with Crippen molar-refractivity contribution in [1.29, 1.82) is 0 Å². The van der Waals surface area contributed by atoms with Crippen molar-refractivity contribution < 1.29 is 9.84 Å². The lowest BCUT2D eigenvalue weighted by Crippen LogP contribution is -2.39. The zero-order valence-corrected chi connectivity index (χ0v) is 11.4. The normalized spacial score (nSPS) is 16.1. The first-order valence-corrected chi connectivity index (χ1v) is 6.61. The van der Waals surface area contributed by atoms with Gasteiger partial charge in [0.1, 0.15) is 0 Å². The van der Waals surface area contributed by atoms with Crippen molar-refractivity contribution in [3.8, 4) is 0 Å². The third kappa shape index (κ3) is 3.89. The maximum atomic E-state index is 10.1. The third-order valence-electron chi connectivity index (χ3n) is 2.77. The zero-order valence-electron chi connectivity index (χ0n) is 10.6. The van der Waals surface area contributed by atoms with Crippen molar-refractivity contribution in [2.45, 2.75) is 45.8 Å². The second kappa shape index (κ2) is 5.80. The highest BCUT2D eigenvalue weighted by Crippen LogP contribution is 2.26. The molecule has 1 N–H and O–H groups in total. The Morgan fingerprint density at radius 2 is 2.12 bits per heavy atom. The fraction of sp³-hybridized carbons (Fsp3) is 0.692. The monoisotopic (exact) mass is 242 g/mol. The van der Waals surface area contributed by atoms with Crippen LogP contribution in [0.25, 0.3) is 0 Å². The lowest BCUT2D eigenvalue weighted by atomic mass is 9.84. The smallest absolute Gasteiger partial charge is 0.0878 e. The van der Waals surface area contributed by atoms with Crippen molar-refractivity contribution in [2.75, 3.05) is 7.11 Å². The number of methoxy groups -OCH3 is 1. The molecule has 0 aliphatic carbocycles. The van der Waals surface area contributed by atoms with Gasteiger partial charge >= 0.3 is 0 Å². The fourth-order valence-electron chi connectivity index (χ4n) is 1.99. The molecular weight excluding hydrogens is 220 g/mol. The summed E-state index contributed by atoms with van der Waals surface area (Å²) in [5.41, 5.74) is 1.27. The van der Waals surface area contributed by atoms with E-state index in [1.54, 1.807) is 18.4 Å². The van der Waals surface area contributed by atoms with E-state index in [4.69, 9.17) is 4.74 Å². The molecule has 0 saturated heterocycles. The van der Waals surface area contributed by atoms with Gasteiger partial charge in [-0.1, -0.05) is 20.8 Å². The molecule has 2 unspecified atom stereocenters. The molecule has 3 heteroatoms. The number of thiophene rings is 1. The van der Waals surface area contributed by atoms with Crippen molar-refractivity contribution in [3.63, 3.8) is 0 Å². The van der Waals surface area contributed by atoms with Crippen LogP contribution < -0.4 is 0 Å². The Hall–Kier alpha value is -0.380. The van der Waals surface area contributed by atoms with Gasteiger partial charge < -0.3 is 9.84 Å². The van der Waals surface area contributed by atoms with Gasteiger partial charge in [0, 0.05) is 7.11 Å². The Kier molecular flexibility index (Phi) is 4.96. The van der Waals surface area contributed by atoms with Crippen LogP contribution in [0.4, 0.5) is 0 Å². The van der Waals surface area contributed by atoms with Crippen molar-refractivity contribution >= 4 is 11.3 Å². The van der Waals surface area contributed by atoms with E-state index in [-0.39, 0.29) is 11.5 Å². The quantitative estimate of drug-likeness (QED) is 0.859. The van der Waals surface area contributed by atoms with Gasteiger partial charge in [0.15, 0.2) is 0 Å². The lowest BCUT2D eigenvalue weighted by Gasteiger charge is -2.33. The molecule has 1 aromatic heterocycles. The first-order valence-electron chi connectivity index (χ1n) is 5.67. The van der Waals surface area contributed by atoms with Gasteiger partial charge in [-0.25, -0.2) is 0 Å². The Morgan fingerprint density at radius 3 is 2.56 bits per heavy atom. The predicted molar refractivity (Wildman–Crippen MR) is 68.9 cm³/mol. The van der Waals surface area contributed by atoms with Crippen LogP contribution in [0.1, 0.15) is 32.8 Å². The summed E-state index contributed by atoms with van der Waals surface area (Å²) < 4.78 is 5.40. The molecule has 2 nitrogen and oxygen atoms in total. The highest BCUT2D eigenvalue weighted by Gasteiger charge is 2.30. The largest absolute Gasteiger partial charge is 0.390 e. The van der Waals surface area contributed by atoms with E-state index in [0.717, 1.165) is 12.8 Å². The minimum atomic E-state index is -0.398. The van der Waals surface area contributed by atoms with E-state index in [1.807, 2.05) is 0 Å². The number of hydrogen-bond acceptors (Lipinski definition) is 3. The standard InChI is InChI=1S/C13H22O2S/c1-13(2,3)12(15-4)11(14)6-5-10-7-8-16-9-10/h7-9,11-12,14H,5-6H2,1-4H3. The highest BCUT2D eigenvalue weighted by atomic mass is 32.1. The third-order valence-corrected chi connectivity index (χ3v) is 3.50. The van der Waals surface area contributed by atoms with Crippen molar-refractivity contribution in [2.24, 2.45) is 5.41 Å². The molecule has 2 atom stereocenters. The molecular formula is C13H22O2S. The molecule has 0 fully saturated rings. The SMILES string of the molecule is COC(C(O)CCc1ccsc1)C(C)(C)C. The average Bonchev–Trinajstić information content (AvgIpc) is 2.65. The Labute approximate surface area is 102 Å². The number of hydrogen-bond donors (Lipinski definition) is 1. The molecule has 1 aromatic rings. The maximum Gasteiger partial charge on any atom is 0.0878 e. The van der Waals surface area contributed by atoms with E-state index in [9.17, 15) is 5.11 Å². The summed E-state index contributed by atoms with van der Waals surface area (Å²) in [6.07, 6.45) is 1.17. The van der Waals surface area contributed by atoms with E-state index in [2.05, 4.69) is 37.6 Å². The maximum absolute atomic E-state index is 10.1. The summed E-state index contributed by atoms with van der Waals surface area (Å²) in [6.45, 7) is 6.28. The topological polar surface area (TPSA) is 29.5 Å². The predicted octanol–water partition coefficient (Wildman–Crippen LogP) is 3.10. The second-order valence-corrected chi connectivity index (χ2v) is 6.04. The molecule has 0 bridgehead atoms. The number of aryl methyl sites for hydroxylation is 1. The van der Waals surface area contributed by atoms with Crippen LogP contribution >= 0.6 is 11.3 Å². The van der Waals surface area contributed by atoms with E-state index in [0.29, 0.717) is 0 Å². The summed E-state index contributed by atoms with van der Waals surface area (Å²) in [4.78, 5) is 0. The summed E-state index contributed by atoms with van der Waals surface area (Å²) in [5.74, 6) is 0. The van der Waals surface area contributed by atoms with Crippen LogP contribution in [-0.2, 0) is 11.2 Å². The second-order valence-electron chi connectivity index (χ2n) is 5.26. The van der Waals surface area contributed by atoms with E-state index >= 15 is 0 Å². The van der Waals surface area contributed by atoms with E-state index in [1.165, 1.54) is 5.56 Å². The summed E-state index contributed by atoms with van der Waals surface area (Å²) in [7, 11) is 1.67. The highest BCUT2D eigenvalue weighted by molar-refractivity contribution is 7.07. The molecule has 1 heterocycles. The first-order chi connectivity index (χ1) is 7.45. The average molecular weight is 242 g/mol. The summed E-state index contributed by atoms with van der Waals surface area (Å²) in [6, 6.07) is 2.11. The van der Waals surface area contributed by atoms with Gasteiger partial charge in [0.2, 0.25) is 0 Å². The van der Waals surface area contributed by atoms with Gasteiger partial charge in [-0.05, 0) is 40.6 Å². The van der Waals surface area contributed by atoms with Crippen LogP contribution in [0.5, 0.6) is 0 Å². The van der Waals surface area contributed by atoms with E-state index < -0.39 is 6.10 Å². The number of aliphatic hydroxyl groups excluding tert-OH is 1. The molecule has 1 rings (SSSR count). The van der Waals surface area contributed by atoms with Gasteiger partial charge in [0.05, 0.1) is 12.2 Å². The van der Waals surface area contributed by atoms with Crippen LogP contribution in [0.15, 0.2) is 16.8 Å². The van der Waals surface area contributed by atoms with Crippen LogP contribution in [0, 0.1) is 5.41 Å². The first kappa shape index (κ1) is 13.7. The van der Waals surface area contributed by atoms with Crippen molar-refractivity contribution in [1.82, 2.24) is 0 Å². The number of aliphatic hydroxyl groups is 1. The Balaban J connectivity index is 2.47. The van der Waals surface area contributed by atoms with Gasteiger partial charge in [0.25, 0.3) is 0 Å². The molecule has 16 heavy (non-hydrogen) atoms. The number of rotatable bonds is 5. The summed E-state index contributed by atoms with van der Waals surface area (Å²) in [5, 5.41) is 14.3.